The smallest absolute Gasteiger partial charge is 0.255 e. The highest BCUT2D eigenvalue weighted by Gasteiger charge is 2.11. The Hall–Kier alpha value is -3.37. The Balaban J connectivity index is 1.60. The topological polar surface area (TPSA) is 59.3 Å². The number of nitrogens with one attached hydrogen (secondary N) is 1. The quantitative estimate of drug-likeness (QED) is 0.457. The molecule has 1 amide bonds. The molecule has 4 aromatic rings. The Morgan fingerprint density at radius 3 is 2.41 bits per heavy atom. The summed E-state index contributed by atoms with van der Waals surface area (Å²) >= 11 is 5.96. The molecule has 144 valence electrons. The van der Waals surface area contributed by atoms with Gasteiger partial charge in [-0.15, -0.1) is 0 Å². The second-order valence-corrected chi connectivity index (χ2v) is 7.40. The molecule has 0 unspecified atom stereocenters. The van der Waals surface area contributed by atoms with Crippen molar-refractivity contribution in [3.05, 3.63) is 98.7 Å². The van der Waals surface area contributed by atoms with Crippen molar-refractivity contribution in [3.8, 4) is 11.3 Å². The van der Waals surface area contributed by atoms with E-state index >= 15 is 0 Å². The zero-order valence-electron chi connectivity index (χ0n) is 16.0. The molecule has 0 aliphatic heterocycles. The van der Waals surface area contributed by atoms with Gasteiger partial charge in [0.1, 0.15) is 11.3 Å². The van der Waals surface area contributed by atoms with E-state index in [1.807, 2.05) is 26.0 Å². The van der Waals surface area contributed by atoms with Gasteiger partial charge in [-0.05, 0) is 61.9 Å². The number of aryl methyl sites for hydroxylation is 2. The molecule has 0 radical (unpaired) electrons. The summed E-state index contributed by atoms with van der Waals surface area (Å²) in [7, 11) is 0. The van der Waals surface area contributed by atoms with Crippen LogP contribution in [-0.2, 0) is 0 Å². The van der Waals surface area contributed by atoms with Gasteiger partial charge in [0.25, 0.3) is 5.91 Å². The van der Waals surface area contributed by atoms with Crippen LogP contribution in [0.3, 0.4) is 0 Å². The van der Waals surface area contributed by atoms with Crippen LogP contribution in [0.15, 0.2) is 75.9 Å². The Kier molecular flexibility index (Phi) is 4.95. The van der Waals surface area contributed by atoms with Crippen LogP contribution in [0.4, 0.5) is 5.69 Å². The largest absolute Gasteiger partial charge is 0.456 e. The van der Waals surface area contributed by atoms with E-state index in [4.69, 9.17) is 16.0 Å². The highest BCUT2D eigenvalue weighted by Crippen LogP contribution is 2.24. The molecule has 29 heavy (non-hydrogen) atoms. The predicted molar refractivity (Wildman–Crippen MR) is 117 cm³/mol. The molecule has 0 aliphatic rings. The maximum Gasteiger partial charge on any atom is 0.255 e. The summed E-state index contributed by atoms with van der Waals surface area (Å²) in [6, 6.07) is 19.2. The summed E-state index contributed by atoms with van der Waals surface area (Å²) in [6.07, 6.45) is 0. The number of carbonyl (C=O) groups excluding carboxylic acids is 1. The van der Waals surface area contributed by atoms with E-state index in [1.54, 1.807) is 48.5 Å². The lowest BCUT2D eigenvalue weighted by molar-refractivity contribution is 0.102. The molecule has 0 aliphatic carbocycles. The zero-order valence-corrected chi connectivity index (χ0v) is 16.7. The van der Waals surface area contributed by atoms with Crippen molar-refractivity contribution >= 4 is 34.2 Å². The predicted octanol–water partition coefficient (Wildman–Crippen LogP) is 5.98. The Morgan fingerprint density at radius 2 is 1.69 bits per heavy atom. The normalized spacial score (nSPS) is 10.9. The van der Waals surface area contributed by atoms with E-state index in [0.29, 0.717) is 33.0 Å². The molecule has 0 bridgehead atoms. The second kappa shape index (κ2) is 7.57. The van der Waals surface area contributed by atoms with Gasteiger partial charge in [-0.25, -0.2) is 0 Å². The molecule has 0 atom stereocenters. The minimum Gasteiger partial charge on any atom is -0.456 e. The molecular weight excluding hydrogens is 386 g/mol. The average Bonchev–Trinajstić information content (AvgIpc) is 2.70. The summed E-state index contributed by atoms with van der Waals surface area (Å²) in [5.74, 6) is 0.240. The van der Waals surface area contributed by atoms with Gasteiger partial charge in [-0.2, -0.15) is 0 Å². The second-order valence-electron chi connectivity index (χ2n) is 6.97. The van der Waals surface area contributed by atoms with Gasteiger partial charge in [0.15, 0.2) is 5.43 Å². The minimum atomic E-state index is -0.225. The van der Waals surface area contributed by atoms with Gasteiger partial charge in [0, 0.05) is 27.9 Å². The maximum absolute atomic E-state index is 12.5. The third-order valence-corrected chi connectivity index (χ3v) is 4.99. The van der Waals surface area contributed by atoms with Gasteiger partial charge < -0.3 is 9.73 Å². The van der Waals surface area contributed by atoms with Crippen molar-refractivity contribution in [3.63, 3.8) is 0 Å². The van der Waals surface area contributed by atoms with Gasteiger partial charge in [0.05, 0.1) is 5.39 Å². The third-order valence-electron chi connectivity index (χ3n) is 4.75. The van der Waals surface area contributed by atoms with Crippen LogP contribution in [0, 0.1) is 13.8 Å². The van der Waals surface area contributed by atoms with E-state index < -0.39 is 0 Å². The molecule has 1 aromatic heterocycles. The van der Waals surface area contributed by atoms with Crippen molar-refractivity contribution in [2.45, 2.75) is 13.8 Å². The summed E-state index contributed by atoms with van der Waals surface area (Å²) in [4.78, 5) is 25.0. The summed E-state index contributed by atoms with van der Waals surface area (Å²) < 4.78 is 5.89. The first kappa shape index (κ1) is 19.0. The average molecular weight is 404 g/mol. The number of benzene rings is 3. The fourth-order valence-corrected chi connectivity index (χ4v) is 3.39. The number of fused-ring (bicyclic) bond motifs is 1. The Bertz CT molecular complexity index is 1290. The Labute approximate surface area is 172 Å². The number of rotatable bonds is 3. The zero-order chi connectivity index (χ0) is 20.5. The molecule has 4 nitrogen and oxygen atoms in total. The van der Waals surface area contributed by atoms with E-state index in [-0.39, 0.29) is 11.3 Å². The molecule has 4 rings (SSSR count). The lowest BCUT2D eigenvalue weighted by atomic mass is 10.1. The fraction of sp³-hybridized carbons (Fsp3) is 0.0833. The molecule has 0 saturated heterocycles. The van der Waals surface area contributed by atoms with Crippen LogP contribution < -0.4 is 10.7 Å². The number of carbonyl (C=O) groups is 1. The Morgan fingerprint density at radius 1 is 0.931 bits per heavy atom. The lowest BCUT2D eigenvalue weighted by Crippen LogP contribution is -2.12. The first-order chi connectivity index (χ1) is 13.9. The number of hydrogen-bond donors (Lipinski definition) is 1. The van der Waals surface area contributed by atoms with Crippen molar-refractivity contribution < 1.29 is 9.21 Å². The van der Waals surface area contributed by atoms with Crippen LogP contribution >= 0.6 is 11.6 Å². The van der Waals surface area contributed by atoms with Gasteiger partial charge in [-0.1, -0.05) is 35.4 Å². The van der Waals surface area contributed by atoms with Crippen molar-refractivity contribution in [1.82, 2.24) is 0 Å². The first-order valence-corrected chi connectivity index (χ1v) is 9.51. The highest BCUT2D eigenvalue weighted by atomic mass is 35.5. The lowest BCUT2D eigenvalue weighted by Gasteiger charge is -2.09. The summed E-state index contributed by atoms with van der Waals surface area (Å²) in [6.45, 7) is 3.82. The van der Waals surface area contributed by atoms with Crippen LogP contribution in [0.5, 0.6) is 0 Å². The highest BCUT2D eigenvalue weighted by molar-refractivity contribution is 6.30. The van der Waals surface area contributed by atoms with Gasteiger partial charge in [0.2, 0.25) is 0 Å². The number of hydrogen-bond acceptors (Lipinski definition) is 3. The van der Waals surface area contributed by atoms with Crippen molar-refractivity contribution in [1.29, 1.82) is 0 Å². The van der Waals surface area contributed by atoms with Crippen LogP contribution in [-0.4, -0.2) is 5.91 Å². The summed E-state index contributed by atoms with van der Waals surface area (Å²) in [5, 5.41) is 4.06. The number of anilines is 1. The monoisotopic (exact) mass is 403 g/mol. The van der Waals surface area contributed by atoms with E-state index in [0.717, 1.165) is 16.7 Å². The number of halogens is 1. The molecule has 0 saturated carbocycles. The minimum absolute atomic E-state index is 0.0926. The SMILES string of the molecule is Cc1ccc2oc(-c3ccc(C(=O)Nc4ccc(Cl)cc4C)cc3)cc(=O)c2c1. The molecule has 0 spiro atoms. The molecule has 0 fully saturated rings. The van der Waals surface area contributed by atoms with Crippen LogP contribution in [0.25, 0.3) is 22.3 Å². The maximum atomic E-state index is 12.5. The molecule has 5 heteroatoms. The van der Waals surface area contributed by atoms with Gasteiger partial charge >= 0.3 is 0 Å². The molecule has 1 N–H and O–H groups in total. The fourth-order valence-electron chi connectivity index (χ4n) is 3.16. The molecular formula is C24H18ClNO3. The standard InChI is InChI=1S/C24H18ClNO3/c1-14-3-10-22-19(11-14)21(27)13-23(29-22)16-4-6-17(7-5-16)24(28)26-20-9-8-18(25)12-15(20)2/h3-13H,1-2H3,(H,26,28). The van der Waals surface area contributed by atoms with E-state index in [2.05, 4.69) is 5.32 Å². The van der Waals surface area contributed by atoms with E-state index in [9.17, 15) is 9.59 Å². The van der Waals surface area contributed by atoms with Gasteiger partial charge in [-0.3, -0.25) is 9.59 Å². The van der Waals surface area contributed by atoms with Crippen LogP contribution in [0.2, 0.25) is 5.02 Å². The van der Waals surface area contributed by atoms with Crippen molar-refractivity contribution in [2.24, 2.45) is 0 Å². The molecule has 1 heterocycles. The molecule has 3 aromatic carbocycles. The number of amides is 1. The first-order valence-electron chi connectivity index (χ1n) is 9.13. The van der Waals surface area contributed by atoms with Crippen LogP contribution in [0.1, 0.15) is 21.5 Å². The van der Waals surface area contributed by atoms with E-state index in [1.165, 1.54) is 6.07 Å². The summed E-state index contributed by atoms with van der Waals surface area (Å²) in [5.41, 5.74) is 4.27. The van der Waals surface area contributed by atoms with Crippen molar-refractivity contribution in [2.75, 3.05) is 5.32 Å². The third kappa shape index (κ3) is 3.93.